The second-order valence-electron chi connectivity index (χ2n) is 2.74. The van der Waals surface area contributed by atoms with Crippen molar-refractivity contribution in [2.75, 3.05) is 6.67 Å². The Morgan fingerprint density at radius 3 is 1.85 bits per heavy atom. The number of alkyl halides is 1. The Morgan fingerprint density at radius 1 is 0.923 bits per heavy atom. The van der Waals surface area contributed by atoms with Crippen LogP contribution in [0.1, 0.15) is 44.9 Å². The molecule has 0 aliphatic carbocycles. The van der Waals surface area contributed by atoms with E-state index in [2.05, 4.69) is 5.92 Å². The maximum atomic E-state index is 11.6. The molecule has 0 saturated carbocycles. The zero-order valence-corrected chi connectivity index (χ0v) is 10.3. The van der Waals surface area contributed by atoms with Crippen molar-refractivity contribution in [3.05, 3.63) is 6.42 Å². The molecule has 13 heavy (non-hydrogen) atoms. The van der Waals surface area contributed by atoms with Crippen LogP contribution in [0, 0.1) is 12.3 Å². The third-order valence-corrected chi connectivity index (χ3v) is 1.69. The largest absolute Gasteiger partial charge is 2.00 e. The van der Waals surface area contributed by atoms with Gasteiger partial charge in [0.15, 0.2) is 0 Å². The van der Waals surface area contributed by atoms with Gasteiger partial charge in [-0.3, -0.25) is 4.39 Å². The molecule has 0 spiro atoms. The third-order valence-electron chi connectivity index (χ3n) is 1.69. The molecule has 0 atom stereocenters. The molecule has 0 nitrogen and oxygen atoms in total. The van der Waals surface area contributed by atoms with Crippen LogP contribution in [0.2, 0.25) is 0 Å². The van der Waals surface area contributed by atoms with E-state index in [-0.39, 0.29) is 42.1 Å². The van der Waals surface area contributed by atoms with E-state index in [4.69, 9.17) is 6.42 Å². The van der Waals surface area contributed by atoms with Gasteiger partial charge in [-0.1, -0.05) is 25.7 Å². The summed E-state index contributed by atoms with van der Waals surface area (Å²) in [6.45, 7) is -0.172. The first-order valence-electron chi connectivity index (χ1n) is 4.37. The van der Waals surface area contributed by atoms with Crippen molar-refractivity contribution < 1.29 is 16.8 Å². The number of halogens is 2. The molecule has 0 saturated heterocycles. The SMILES string of the molecule is [C-]#CCCCCCCCCF.[Cl-].[Mg+2]. The van der Waals surface area contributed by atoms with Gasteiger partial charge in [0.05, 0.1) is 6.67 Å². The predicted octanol–water partition coefficient (Wildman–Crippen LogP) is -0.100. The Labute approximate surface area is 104 Å². The Kier molecular flexibility index (Phi) is 27.1. The zero-order valence-electron chi connectivity index (χ0n) is 8.12. The van der Waals surface area contributed by atoms with Crippen LogP contribution < -0.4 is 12.4 Å². The monoisotopic (exact) mass is 214 g/mol. The first kappa shape index (κ1) is 19.2. The van der Waals surface area contributed by atoms with Gasteiger partial charge in [0, 0.05) is 0 Å². The first-order chi connectivity index (χ1) is 5.41. The van der Waals surface area contributed by atoms with E-state index in [1.54, 1.807) is 0 Å². The summed E-state index contributed by atoms with van der Waals surface area (Å²) in [5.41, 5.74) is 0. The molecular formula is C10H16ClFMg. The molecule has 3 heteroatoms. The minimum absolute atomic E-state index is 0. The van der Waals surface area contributed by atoms with Gasteiger partial charge >= 0.3 is 23.1 Å². The van der Waals surface area contributed by atoms with Crippen molar-refractivity contribution in [3.63, 3.8) is 0 Å². The second kappa shape index (κ2) is 18.4. The first-order valence-corrected chi connectivity index (χ1v) is 4.37. The summed E-state index contributed by atoms with van der Waals surface area (Å²) in [4.78, 5) is 0. The van der Waals surface area contributed by atoms with Crippen molar-refractivity contribution in [2.24, 2.45) is 0 Å². The molecule has 0 unspecified atom stereocenters. The van der Waals surface area contributed by atoms with E-state index in [0.717, 1.165) is 38.5 Å². The van der Waals surface area contributed by atoms with Crippen LogP contribution in [0.5, 0.6) is 0 Å². The molecular weight excluding hydrogens is 199 g/mol. The maximum absolute atomic E-state index is 11.6. The summed E-state index contributed by atoms with van der Waals surface area (Å²) >= 11 is 0. The number of hydrogen-bond acceptors (Lipinski definition) is 0. The summed E-state index contributed by atoms with van der Waals surface area (Å²) in [5.74, 6) is 2.36. The normalized spacial score (nSPS) is 8.00. The van der Waals surface area contributed by atoms with Crippen LogP contribution in [-0.2, 0) is 0 Å². The van der Waals surface area contributed by atoms with Crippen LogP contribution in [0.3, 0.4) is 0 Å². The predicted molar refractivity (Wildman–Crippen MR) is 51.2 cm³/mol. The maximum Gasteiger partial charge on any atom is 2.00 e. The van der Waals surface area contributed by atoms with E-state index >= 15 is 0 Å². The van der Waals surface area contributed by atoms with E-state index in [1.165, 1.54) is 6.42 Å². The van der Waals surface area contributed by atoms with Crippen molar-refractivity contribution in [1.29, 1.82) is 0 Å². The Balaban J connectivity index is -0.000000500. The molecule has 0 heterocycles. The summed E-state index contributed by atoms with van der Waals surface area (Å²) < 4.78 is 11.6. The molecule has 0 fully saturated rings. The molecule has 0 aliphatic rings. The van der Waals surface area contributed by atoms with Crippen LogP contribution >= 0.6 is 0 Å². The number of hydrogen-bond donors (Lipinski definition) is 0. The minimum atomic E-state index is -0.172. The van der Waals surface area contributed by atoms with Crippen molar-refractivity contribution in [2.45, 2.75) is 44.9 Å². The molecule has 0 aromatic rings. The average Bonchev–Trinajstić information content (AvgIpc) is 2.03. The van der Waals surface area contributed by atoms with Gasteiger partial charge in [-0.15, -0.1) is 0 Å². The van der Waals surface area contributed by atoms with E-state index in [9.17, 15) is 4.39 Å². The topological polar surface area (TPSA) is 0 Å². The van der Waals surface area contributed by atoms with Crippen LogP contribution in [0.25, 0.3) is 0 Å². The zero-order chi connectivity index (χ0) is 8.36. The fraction of sp³-hybridized carbons (Fsp3) is 0.800. The van der Waals surface area contributed by atoms with Crippen LogP contribution in [0.15, 0.2) is 0 Å². The van der Waals surface area contributed by atoms with E-state index in [1.807, 2.05) is 0 Å². The molecule has 0 amide bonds. The molecule has 0 aromatic heterocycles. The van der Waals surface area contributed by atoms with Gasteiger partial charge in [0.25, 0.3) is 0 Å². The smallest absolute Gasteiger partial charge is 1.00 e. The summed E-state index contributed by atoms with van der Waals surface area (Å²) in [5, 5.41) is 0. The van der Waals surface area contributed by atoms with Crippen LogP contribution in [-0.4, -0.2) is 29.7 Å². The van der Waals surface area contributed by atoms with Crippen molar-refractivity contribution >= 4 is 23.1 Å². The molecule has 0 aliphatic heterocycles. The van der Waals surface area contributed by atoms with Crippen molar-refractivity contribution in [1.82, 2.24) is 0 Å². The van der Waals surface area contributed by atoms with E-state index < -0.39 is 0 Å². The van der Waals surface area contributed by atoms with E-state index in [0.29, 0.717) is 0 Å². The Hall–Kier alpha value is 0.546. The fourth-order valence-corrected chi connectivity index (χ4v) is 1.01. The van der Waals surface area contributed by atoms with Gasteiger partial charge in [-0.2, -0.15) is 0 Å². The van der Waals surface area contributed by atoms with Crippen molar-refractivity contribution in [3.8, 4) is 5.92 Å². The molecule has 72 valence electrons. The van der Waals surface area contributed by atoms with Gasteiger partial charge in [0.2, 0.25) is 0 Å². The summed E-state index contributed by atoms with van der Waals surface area (Å²) in [6.07, 6.45) is 13.7. The number of unbranched alkanes of at least 4 members (excludes halogenated alkanes) is 6. The molecule has 0 bridgehead atoms. The standard InChI is InChI=1S/C10H16F.ClH.Mg/c1-2-3-4-5-6-7-8-9-10-11;;/h3-10H2;1H;/q-1;;+2/p-1. The molecule has 0 radical (unpaired) electrons. The Bertz CT molecular complexity index is 112. The third kappa shape index (κ3) is 19.1. The molecule has 0 aromatic carbocycles. The second-order valence-corrected chi connectivity index (χ2v) is 2.74. The molecule has 0 N–H and O–H groups in total. The van der Waals surface area contributed by atoms with Gasteiger partial charge < -0.3 is 24.8 Å². The average molecular weight is 215 g/mol. The Morgan fingerprint density at radius 2 is 1.38 bits per heavy atom. The van der Waals surface area contributed by atoms with Gasteiger partial charge in [-0.25, -0.2) is 0 Å². The summed E-state index contributed by atoms with van der Waals surface area (Å²) in [6, 6.07) is 0. The summed E-state index contributed by atoms with van der Waals surface area (Å²) in [7, 11) is 0. The number of rotatable bonds is 7. The van der Waals surface area contributed by atoms with Gasteiger partial charge in [0.1, 0.15) is 0 Å². The van der Waals surface area contributed by atoms with Crippen LogP contribution in [0.4, 0.5) is 4.39 Å². The van der Waals surface area contributed by atoms with Gasteiger partial charge in [-0.05, 0) is 19.3 Å². The quantitative estimate of drug-likeness (QED) is 0.241. The minimum Gasteiger partial charge on any atom is -1.00 e. The fourth-order valence-electron chi connectivity index (χ4n) is 1.01. The molecule has 0 rings (SSSR count).